The Kier molecular flexibility index (Phi) is 7.98. The second-order valence-corrected chi connectivity index (χ2v) is 18.3. The Morgan fingerprint density at radius 2 is 1.05 bits per heavy atom. The number of hydrogen-bond donors (Lipinski definition) is 0. The molecule has 1 aliphatic rings. The summed E-state index contributed by atoms with van der Waals surface area (Å²) in [6.45, 7) is 9.65. The van der Waals surface area contributed by atoms with Gasteiger partial charge >= 0.3 is 0 Å². The van der Waals surface area contributed by atoms with Crippen LogP contribution in [0.25, 0.3) is 105 Å². The number of rotatable bonds is 5. The molecule has 0 radical (unpaired) electrons. The lowest BCUT2D eigenvalue weighted by atomic mass is 9.63. The van der Waals surface area contributed by atoms with Gasteiger partial charge in [-0.1, -0.05) is 137 Å². The molecule has 5 nitrogen and oxygen atoms in total. The number of hydrogen-bond acceptors (Lipinski definition) is 4. The van der Waals surface area contributed by atoms with Crippen molar-refractivity contribution in [3.63, 3.8) is 0 Å². The highest BCUT2D eigenvalue weighted by Crippen LogP contribution is 2.49. The van der Waals surface area contributed by atoms with Crippen LogP contribution in [0, 0.1) is 0 Å². The van der Waals surface area contributed by atoms with E-state index in [-0.39, 0.29) is 10.8 Å². The second kappa shape index (κ2) is 13.6. The van der Waals surface area contributed by atoms with Gasteiger partial charge in [-0.3, -0.25) is 0 Å². The standard InChI is InChI=1S/C57H44N4O/c1-56(2)30-31-57(3,4)48-34-49-45(33-47(48)56)43-28-24-36-16-8-9-18-41(36)52(43)61(49)39-26-22-37(23-27-39)53-58-54(38-25-29-51-46(32-38)42-19-12-13-21-50(42)62-51)60-55(59-53)44-20-11-10-17-40(44)35-14-6-5-7-15-35/h5-29,32-34H,30-31H2,1-4H3. The minimum atomic E-state index is 0.0781. The predicted octanol–water partition coefficient (Wildman–Crippen LogP) is 15.0. The lowest BCUT2D eigenvalue weighted by Crippen LogP contribution is -2.33. The Hall–Kier alpha value is -7.37. The molecule has 0 saturated carbocycles. The molecule has 0 unspecified atom stereocenters. The Morgan fingerprint density at radius 1 is 0.435 bits per heavy atom. The molecule has 3 aromatic heterocycles. The number of nitrogens with zero attached hydrogens (tertiary/aromatic N) is 4. The van der Waals surface area contributed by atoms with E-state index in [2.05, 4.69) is 166 Å². The van der Waals surface area contributed by atoms with Crippen molar-refractivity contribution in [2.24, 2.45) is 0 Å². The maximum Gasteiger partial charge on any atom is 0.164 e. The number of aromatic nitrogens is 4. The van der Waals surface area contributed by atoms with E-state index in [1.807, 2.05) is 36.4 Å². The summed E-state index contributed by atoms with van der Waals surface area (Å²) in [5, 5.41) is 7.14. The van der Waals surface area contributed by atoms with Crippen molar-refractivity contribution in [1.82, 2.24) is 19.5 Å². The summed E-state index contributed by atoms with van der Waals surface area (Å²) in [5.74, 6) is 1.84. The molecule has 0 spiro atoms. The fraction of sp³-hybridized carbons (Fsp3) is 0.140. The maximum atomic E-state index is 6.20. The van der Waals surface area contributed by atoms with E-state index in [4.69, 9.17) is 19.4 Å². The summed E-state index contributed by atoms with van der Waals surface area (Å²) < 4.78 is 8.69. The molecule has 0 atom stereocenters. The van der Waals surface area contributed by atoms with Gasteiger partial charge in [-0.25, -0.2) is 15.0 Å². The third-order valence-corrected chi connectivity index (χ3v) is 13.5. The van der Waals surface area contributed by atoms with E-state index in [9.17, 15) is 0 Å². The normalized spacial score (nSPS) is 14.6. The van der Waals surface area contributed by atoms with Gasteiger partial charge in [0.15, 0.2) is 17.5 Å². The quantitative estimate of drug-likeness (QED) is 0.174. The van der Waals surface area contributed by atoms with E-state index in [0.29, 0.717) is 17.5 Å². The summed E-state index contributed by atoms with van der Waals surface area (Å²) in [4.78, 5) is 15.7. The zero-order valence-electron chi connectivity index (χ0n) is 35.3. The van der Waals surface area contributed by atoms with Gasteiger partial charge in [-0.15, -0.1) is 0 Å². The predicted molar refractivity (Wildman–Crippen MR) is 256 cm³/mol. The Balaban J connectivity index is 1.06. The molecule has 0 amide bonds. The van der Waals surface area contributed by atoms with Crippen LogP contribution in [0.2, 0.25) is 0 Å². The zero-order chi connectivity index (χ0) is 41.7. The van der Waals surface area contributed by atoms with Crippen molar-refractivity contribution < 1.29 is 4.42 Å². The summed E-state index contributed by atoms with van der Waals surface area (Å²) in [7, 11) is 0. The van der Waals surface area contributed by atoms with Crippen LogP contribution in [-0.2, 0) is 10.8 Å². The zero-order valence-corrected chi connectivity index (χ0v) is 35.3. The molecule has 0 aliphatic heterocycles. The first kappa shape index (κ1) is 36.5. The molecule has 5 heteroatoms. The molecule has 12 rings (SSSR count). The van der Waals surface area contributed by atoms with Gasteiger partial charge in [0.1, 0.15) is 11.2 Å². The molecular formula is C57H44N4O. The minimum Gasteiger partial charge on any atom is -0.456 e. The van der Waals surface area contributed by atoms with Crippen LogP contribution < -0.4 is 0 Å². The van der Waals surface area contributed by atoms with E-state index >= 15 is 0 Å². The first-order valence-corrected chi connectivity index (χ1v) is 21.6. The molecular weight excluding hydrogens is 757 g/mol. The maximum absolute atomic E-state index is 6.20. The SMILES string of the molecule is CC1(C)CCC(C)(C)c2cc3c(cc21)c1ccc2ccccc2c1n3-c1ccc(-c2nc(-c3ccc4oc5ccccc5c4c3)nc(-c3ccccc3-c3ccccc3)n2)cc1. The molecule has 3 heterocycles. The molecule has 8 aromatic carbocycles. The van der Waals surface area contributed by atoms with Crippen molar-refractivity contribution >= 4 is 54.5 Å². The third kappa shape index (κ3) is 5.72. The van der Waals surface area contributed by atoms with Crippen LogP contribution in [0.4, 0.5) is 0 Å². The fourth-order valence-corrected chi connectivity index (χ4v) is 10.0. The third-order valence-electron chi connectivity index (χ3n) is 13.5. The Morgan fingerprint density at radius 3 is 1.84 bits per heavy atom. The van der Waals surface area contributed by atoms with E-state index in [1.165, 1.54) is 50.1 Å². The van der Waals surface area contributed by atoms with Crippen molar-refractivity contribution in [2.75, 3.05) is 0 Å². The lowest BCUT2D eigenvalue weighted by Gasteiger charge is -2.42. The summed E-state index contributed by atoms with van der Waals surface area (Å²) in [6, 6.07) is 60.4. The molecule has 0 N–H and O–H groups in total. The van der Waals surface area contributed by atoms with E-state index in [1.54, 1.807) is 0 Å². The topological polar surface area (TPSA) is 56.7 Å². The number of fused-ring (bicyclic) bond motifs is 9. The smallest absolute Gasteiger partial charge is 0.164 e. The van der Waals surface area contributed by atoms with Crippen LogP contribution in [0.3, 0.4) is 0 Å². The van der Waals surface area contributed by atoms with Crippen LogP contribution in [0.1, 0.15) is 51.7 Å². The summed E-state index contributed by atoms with van der Waals surface area (Å²) >= 11 is 0. The minimum absolute atomic E-state index is 0.0781. The van der Waals surface area contributed by atoms with Gasteiger partial charge in [0.05, 0.1) is 11.0 Å². The second-order valence-electron chi connectivity index (χ2n) is 18.3. The number of benzene rings is 8. The summed E-state index contributed by atoms with van der Waals surface area (Å²) in [5.41, 5.74) is 13.3. The highest BCUT2D eigenvalue weighted by atomic mass is 16.3. The lowest BCUT2D eigenvalue weighted by molar-refractivity contribution is 0.332. The molecule has 11 aromatic rings. The highest BCUT2D eigenvalue weighted by Gasteiger charge is 2.38. The largest absolute Gasteiger partial charge is 0.456 e. The van der Waals surface area contributed by atoms with Crippen LogP contribution in [0.5, 0.6) is 0 Å². The van der Waals surface area contributed by atoms with Crippen LogP contribution in [0.15, 0.2) is 174 Å². The molecule has 298 valence electrons. The van der Waals surface area contributed by atoms with Gasteiger partial charge in [0, 0.05) is 49.3 Å². The van der Waals surface area contributed by atoms with Crippen molar-refractivity contribution in [3.8, 4) is 51.0 Å². The molecule has 1 aliphatic carbocycles. The van der Waals surface area contributed by atoms with Crippen LogP contribution >= 0.6 is 0 Å². The van der Waals surface area contributed by atoms with Crippen molar-refractivity contribution in [3.05, 3.63) is 181 Å². The average Bonchev–Trinajstić information content (AvgIpc) is 3.86. The molecule has 0 saturated heterocycles. The van der Waals surface area contributed by atoms with Gasteiger partial charge < -0.3 is 8.98 Å². The van der Waals surface area contributed by atoms with Gasteiger partial charge in [0.2, 0.25) is 0 Å². The van der Waals surface area contributed by atoms with Gasteiger partial charge in [0.25, 0.3) is 0 Å². The van der Waals surface area contributed by atoms with E-state index < -0.39 is 0 Å². The Labute approximate surface area is 360 Å². The average molecular weight is 801 g/mol. The monoisotopic (exact) mass is 800 g/mol. The van der Waals surface area contributed by atoms with Crippen molar-refractivity contribution in [1.29, 1.82) is 0 Å². The first-order chi connectivity index (χ1) is 30.2. The highest BCUT2D eigenvalue weighted by molar-refractivity contribution is 6.19. The Bertz CT molecular complexity index is 3570. The first-order valence-electron chi connectivity index (χ1n) is 21.6. The molecule has 0 bridgehead atoms. The fourth-order valence-electron chi connectivity index (χ4n) is 10.0. The van der Waals surface area contributed by atoms with Gasteiger partial charge in [-0.05, 0) is 112 Å². The number of furan rings is 1. The van der Waals surface area contributed by atoms with Crippen LogP contribution in [-0.4, -0.2) is 19.5 Å². The molecule has 0 fully saturated rings. The van der Waals surface area contributed by atoms with Gasteiger partial charge in [-0.2, -0.15) is 0 Å². The summed E-state index contributed by atoms with van der Waals surface area (Å²) in [6.07, 6.45) is 2.34. The van der Waals surface area contributed by atoms with E-state index in [0.717, 1.165) is 61.9 Å². The number of para-hydroxylation sites is 1. The molecule has 62 heavy (non-hydrogen) atoms. The van der Waals surface area contributed by atoms with Crippen molar-refractivity contribution in [2.45, 2.75) is 51.4 Å².